The van der Waals surface area contributed by atoms with Crippen LogP contribution >= 0.6 is 11.3 Å². The molecule has 23 heavy (non-hydrogen) atoms. The van der Waals surface area contributed by atoms with Gasteiger partial charge < -0.3 is 10.2 Å². The molecule has 0 fully saturated rings. The fourth-order valence-corrected chi connectivity index (χ4v) is 3.15. The first-order valence-electron chi connectivity index (χ1n) is 7.53. The number of hydrogen-bond acceptors (Lipinski definition) is 5. The fraction of sp³-hybridized carbons (Fsp3) is 0.353. The normalized spacial score (nSPS) is 16.8. The van der Waals surface area contributed by atoms with E-state index in [1.165, 1.54) is 22.5 Å². The average molecular weight is 329 g/mol. The summed E-state index contributed by atoms with van der Waals surface area (Å²) < 4.78 is 0. The third-order valence-electron chi connectivity index (χ3n) is 4.02. The van der Waals surface area contributed by atoms with E-state index in [2.05, 4.69) is 47.5 Å². The molecule has 0 unspecified atom stereocenters. The smallest absolute Gasteiger partial charge is 0.263 e. The number of benzene rings is 1. The number of nitrogens with one attached hydrogen (secondary N) is 1. The minimum absolute atomic E-state index is 0.103. The molecule has 0 spiro atoms. The second-order valence-electron chi connectivity index (χ2n) is 5.75. The van der Waals surface area contributed by atoms with Crippen LogP contribution in [0.5, 0.6) is 0 Å². The Bertz CT molecular complexity index is 767. The largest absolute Gasteiger partial charge is 0.390 e. The zero-order valence-corrected chi connectivity index (χ0v) is 14.2. The van der Waals surface area contributed by atoms with Gasteiger partial charge >= 0.3 is 0 Å². The molecule has 3 rings (SSSR count). The van der Waals surface area contributed by atoms with Crippen LogP contribution in [0.3, 0.4) is 0 Å². The molecule has 1 aromatic carbocycles. The van der Waals surface area contributed by atoms with Crippen LogP contribution in [0.2, 0.25) is 0 Å². The van der Waals surface area contributed by atoms with Crippen molar-refractivity contribution in [3.8, 4) is 0 Å². The van der Waals surface area contributed by atoms with Gasteiger partial charge in [0.2, 0.25) is 0 Å². The van der Waals surface area contributed by atoms with Crippen LogP contribution in [0.4, 0.5) is 0 Å². The van der Waals surface area contributed by atoms with Crippen molar-refractivity contribution < 1.29 is 9.63 Å². The molecule has 1 atom stereocenters. The average Bonchev–Trinajstić information content (AvgIpc) is 3.16. The maximum atomic E-state index is 12.1. The van der Waals surface area contributed by atoms with Crippen LogP contribution in [-0.4, -0.2) is 29.3 Å². The SMILES string of the molecule is Cc1ccc(C2=NO[C@H](CNC(=O)c3scnc3C)C2)cc1C. The Morgan fingerprint density at radius 3 is 2.87 bits per heavy atom. The second kappa shape index (κ2) is 6.50. The van der Waals surface area contributed by atoms with E-state index in [0.717, 1.165) is 17.0 Å². The van der Waals surface area contributed by atoms with Crippen molar-refractivity contribution in [1.82, 2.24) is 10.3 Å². The number of aromatic nitrogens is 1. The Hall–Kier alpha value is -2.21. The topological polar surface area (TPSA) is 63.6 Å². The molecule has 1 aliphatic heterocycles. The predicted molar refractivity (Wildman–Crippen MR) is 91.1 cm³/mol. The van der Waals surface area contributed by atoms with E-state index in [1.807, 2.05) is 6.92 Å². The van der Waals surface area contributed by atoms with Crippen molar-refractivity contribution in [1.29, 1.82) is 0 Å². The lowest BCUT2D eigenvalue weighted by Crippen LogP contribution is -2.32. The van der Waals surface area contributed by atoms with Crippen LogP contribution in [0.25, 0.3) is 0 Å². The van der Waals surface area contributed by atoms with Gasteiger partial charge in [-0.1, -0.05) is 17.3 Å². The molecule has 2 heterocycles. The molecule has 1 aliphatic rings. The van der Waals surface area contributed by atoms with Crippen molar-refractivity contribution in [3.05, 3.63) is 51.0 Å². The van der Waals surface area contributed by atoms with Gasteiger partial charge in [-0.25, -0.2) is 4.98 Å². The van der Waals surface area contributed by atoms with Crippen LogP contribution in [0, 0.1) is 20.8 Å². The number of amides is 1. The number of hydrogen-bond donors (Lipinski definition) is 1. The number of thiazole rings is 1. The maximum Gasteiger partial charge on any atom is 0.263 e. The molecule has 1 N–H and O–H groups in total. The van der Waals surface area contributed by atoms with E-state index in [0.29, 0.717) is 17.8 Å². The molecule has 2 aromatic rings. The highest BCUT2D eigenvalue weighted by molar-refractivity contribution is 7.11. The van der Waals surface area contributed by atoms with Crippen molar-refractivity contribution in [2.24, 2.45) is 5.16 Å². The standard InChI is InChI=1S/C17H19N3O2S/c1-10-4-5-13(6-11(10)2)15-7-14(22-20-15)8-18-17(21)16-12(3)19-9-23-16/h4-6,9,14H,7-8H2,1-3H3,(H,18,21)/t14-/m0/s1. The Morgan fingerprint density at radius 1 is 1.35 bits per heavy atom. The number of carbonyl (C=O) groups excluding carboxylic acids is 1. The molecule has 0 saturated heterocycles. The Labute approximate surface area is 139 Å². The molecule has 0 bridgehead atoms. The van der Waals surface area contributed by atoms with E-state index < -0.39 is 0 Å². The predicted octanol–water partition coefficient (Wildman–Crippen LogP) is 2.99. The van der Waals surface area contributed by atoms with Gasteiger partial charge in [0.15, 0.2) is 0 Å². The molecule has 5 nitrogen and oxygen atoms in total. The van der Waals surface area contributed by atoms with Gasteiger partial charge in [-0.15, -0.1) is 11.3 Å². The maximum absolute atomic E-state index is 12.1. The van der Waals surface area contributed by atoms with E-state index in [9.17, 15) is 4.79 Å². The monoisotopic (exact) mass is 329 g/mol. The Kier molecular flexibility index (Phi) is 4.43. The minimum atomic E-state index is -0.121. The highest BCUT2D eigenvalue weighted by Crippen LogP contribution is 2.19. The molecule has 1 aromatic heterocycles. The number of rotatable bonds is 4. The van der Waals surface area contributed by atoms with Crippen LogP contribution in [0.1, 0.15) is 38.5 Å². The van der Waals surface area contributed by atoms with Crippen molar-refractivity contribution in [2.45, 2.75) is 33.3 Å². The van der Waals surface area contributed by atoms with Gasteiger partial charge in [0.05, 0.1) is 23.5 Å². The first kappa shape index (κ1) is 15.7. The quantitative estimate of drug-likeness (QED) is 0.938. The number of aryl methyl sites for hydroxylation is 3. The molecule has 6 heteroatoms. The van der Waals surface area contributed by atoms with Crippen molar-refractivity contribution >= 4 is 23.0 Å². The molecule has 0 aliphatic carbocycles. The summed E-state index contributed by atoms with van der Waals surface area (Å²) >= 11 is 1.35. The summed E-state index contributed by atoms with van der Waals surface area (Å²) in [6.45, 7) is 6.45. The summed E-state index contributed by atoms with van der Waals surface area (Å²) in [6.07, 6.45) is 0.577. The summed E-state index contributed by atoms with van der Waals surface area (Å²) in [5.74, 6) is -0.103. The fourth-order valence-electron chi connectivity index (χ4n) is 2.44. The lowest BCUT2D eigenvalue weighted by atomic mass is 10.0. The van der Waals surface area contributed by atoms with Gasteiger partial charge in [-0.05, 0) is 43.5 Å². The summed E-state index contributed by atoms with van der Waals surface area (Å²) in [6, 6.07) is 6.28. The molecular formula is C17H19N3O2S. The number of oxime groups is 1. The van der Waals surface area contributed by atoms with Crippen molar-refractivity contribution in [3.63, 3.8) is 0 Å². The van der Waals surface area contributed by atoms with Gasteiger partial charge in [-0.3, -0.25) is 4.79 Å². The number of carbonyl (C=O) groups is 1. The Morgan fingerprint density at radius 2 is 2.17 bits per heavy atom. The van der Waals surface area contributed by atoms with Gasteiger partial charge in [0.1, 0.15) is 11.0 Å². The van der Waals surface area contributed by atoms with Gasteiger partial charge in [0, 0.05) is 6.42 Å². The second-order valence-corrected chi connectivity index (χ2v) is 6.60. The van der Waals surface area contributed by atoms with Crippen LogP contribution < -0.4 is 5.32 Å². The summed E-state index contributed by atoms with van der Waals surface area (Å²) in [5, 5.41) is 7.07. The molecule has 1 amide bonds. The van der Waals surface area contributed by atoms with E-state index in [-0.39, 0.29) is 12.0 Å². The first-order chi connectivity index (χ1) is 11.0. The van der Waals surface area contributed by atoms with Crippen LogP contribution in [0.15, 0.2) is 28.9 Å². The van der Waals surface area contributed by atoms with E-state index >= 15 is 0 Å². The molecule has 0 radical (unpaired) electrons. The minimum Gasteiger partial charge on any atom is -0.390 e. The molecule has 0 saturated carbocycles. The Balaban J connectivity index is 1.56. The third-order valence-corrected chi connectivity index (χ3v) is 4.94. The highest BCUT2D eigenvalue weighted by Gasteiger charge is 2.23. The number of nitrogens with zero attached hydrogens (tertiary/aromatic N) is 2. The zero-order valence-electron chi connectivity index (χ0n) is 13.4. The zero-order chi connectivity index (χ0) is 16.4. The van der Waals surface area contributed by atoms with Crippen molar-refractivity contribution in [2.75, 3.05) is 6.54 Å². The van der Waals surface area contributed by atoms with Gasteiger partial charge in [0.25, 0.3) is 5.91 Å². The van der Waals surface area contributed by atoms with Crippen LogP contribution in [-0.2, 0) is 4.84 Å². The molecular weight excluding hydrogens is 310 g/mol. The van der Waals surface area contributed by atoms with E-state index in [1.54, 1.807) is 5.51 Å². The lowest BCUT2D eigenvalue weighted by Gasteiger charge is -2.09. The highest BCUT2D eigenvalue weighted by atomic mass is 32.1. The molecule has 120 valence electrons. The summed E-state index contributed by atoms with van der Waals surface area (Å²) in [7, 11) is 0. The first-order valence-corrected chi connectivity index (χ1v) is 8.41. The third kappa shape index (κ3) is 3.42. The van der Waals surface area contributed by atoms with E-state index in [4.69, 9.17) is 4.84 Å². The lowest BCUT2D eigenvalue weighted by molar-refractivity contribution is 0.0755. The van der Waals surface area contributed by atoms with Gasteiger partial charge in [-0.2, -0.15) is 0 Å². The summed E-state index contributed by atoms with van der Waals surface area (Å²) in [4.78, 5) is 22.3. The summed E-state index contributed by atoms with van der Waals surface area (Å²) in [5.41, 5.74) is 6.95.